The number of hydrogen-bond acceptors (Lipinski definition) is 1. The second kappa shape index (κ2) is 10.4. The molecule has 1 nitrogen and oxygen atoms in total. The van der Waals surface area contributed by atoms with Crippen LogP contribution in [0.25, 0.3) is 65.0 Å². The van der Waals surface area contributed by atoms with Crippen LogP contribution in [-0.4, -0.2) is 0 Å². The molecule has 45 heavy (non-hydrogen) atoms. The summed E-state index contributed by atoms with van der Waals surface area (Å²) in [6.07, 6.45) is 0. The zero-order chi connectivity index (χ0) is 29.7. The smallest absolute Gasteiger partial charge is 0.0468 e. The highest BCUT2D eigenvalue weighted by atomic mass is 15.1. The predicted molar refractivity (Wildman–Crippen MR) is 194 cm³/mol. The Bertz CT molecular complexity index is 2550. The SMILES string of the molecule is c1ccc(-c2cccc(N(c3ccc4c(ccc5c6ccccc6ccc45)c3)c3ccc4ccc5ccccc5c4c3)c2)cc1. The zero-order valence-corrected chi connectivity index (χ0v) is 24.7. The van der Waals surface area contributed by atoms with Crippen LogP contribution in [0.4, 0.5) is 17.1 Å². The van der Waals surface area contributed by atoms with E-state index in [1.807, 2.05) is 0 Å². The van der Waals surface area contributed by atoms with Gasteiger partial charge in [0.1, 0.15) is 0 Å². The summed E-state index contributed by atoms with van der Waals surface area (Å²) in [5, 5.41) is 12.7. The number of fused-ring (bicyclic) bond motifs is 8. The highest BCUT2D eigenvalue weighted by Gasteiger charge is 2.16. The molecule has 9 aromatic rings. The van der Waals surface area contributed by atoms with E-state index in [0.717, 1.165) is 17.1 Å². The van der Waals surface area contributed by atoms with E-state index in [2.05, 4.69) is 181 Å². The van der Waals surface area contributed by atoms with Crippen molar-refractivity contribution >= 4 is 70.9 Å². The fraction of sp³-hybridized carbons (Fsp3) is 0. The summed E-state index contributed by atoms with van der Waals surface area (Å²) < 4.78 is 0. The molecule has 0 N–H and O–H groups in total. The summed E-state index contributed by atoms with van der Waals surface area (Å²) in [5.74, 6) is 0. The van der Waals surface area contributed by atoms with Crippen molar-refractivity contribution in [2.45, 2.75) is 0 Å². The first-order chi connectivity index (χ1) is 22.3. The average molecular weight is 572 g/mol. The molecule has 9 rings (SSSR count). The minimum absolute atomic E-state index is 1.13. The molecule has 0 bridgehead atoms. The first kappa shape index (κ1) is 25.6. The molecule has 0 heterocycles. The van der Waals surface area contributed by atoms with Crippen LogP contribution in [0.5, 0.6) is 0 Å². The third-order valence-corrected chi connectivity index (χ3v) is 9.18. The topological polar surface area (TPSA) is 3.24 Å². The van der Waals surface area contributed by atoms with Gasteiger partial charge in [0.2, 0.25) is 0 Å². The van der Waals surface area contributed by atoms with Crippen molar-refractivity contribution in [2.75, 3.05) is 4.90 Å². The van der Waals surface area contributed by atoms with E-state index >= 15 is 0 Å². The van der Waals surface area contributed by atoms with E-state index in [9.17, 15) is 0 Å². The highest BCUT2D eigenvalue weighted by molar-refractivity contribution is 6.17. The van der Waals surface area contributed by atoms with Crippen LogP contribution in [0.3, 0.4) is 0 Å². The van der Waals surface area contributed by atoms with Gasteiger partial charge in [-0.25, -0.2) is 0 Å². The van der Waals surface area contributed by atoms with E-state index in [-0.39, 0.29) is 0 Å². The summed E-state index contributed by atoms with van der Waals surface area (Å²) in [7, 11) is 0. The fourth-order valence-corrected chi connectivity index (χ4v) is 6.99. The summed E-state index contributed by atoms with van der Waals surface area (Å²) in [6.45, 7) is 0. The lowest BCUT2D eigenvalue weighted by Crippen LogP contribution is -2.10. The quantitative estimate of drug-likeness (QED) is 0.190. The van der Waals surface area contributed by atoms with Gasteiger partial charge in [0.05, 0.1) is 0 Å². The summed E-state index contributed by atoms with van der Waals surface area (Å²) >= 11 is 0. The van der Waals surface area contributed by atoms with E-state index in [1.165, 1.54) is 65.0 Å². The Morgan fingerprint density at radius 3 is 1.51 bits per heavy atom. The van der Waals surface area contributed by atoms with Crippen molar-refractivity contribution in [1.82, 2.24) is 0 Å². The van der Waals surface area contributed by atoms with Gasteiger partial charge < -0.3 is 4.90 Å². The molecule has 0 saturated heterocycles. The van der Waals surface area contributed by atoms with Gasteiger partial charge in [-0.15, -0.1) is 0 Å². The molecule has 0 spiro atoms. The number of benzene rings is 9. The summed E-state index contributed by atoms with van der Waals surface area (Å²) in [5.41, 5.74) is 5.80. The van der Waals surface area contributed by atoms with E-state index in [1.54, 1.807) is 0 Å². The maximum atomic E-state index is 2.40. The fourth-order valence-electron chi connectivity index (χ4n) is 6.99. The van der Waals surface area contributed by atoms with Gasteiger partial charge in [0, 0.05) is 17.1 Å². The predicted octanol–water partition coefficient (Wildman–Crippen LogP) is 12.6. The second-order valence-corrected chi connectivity index (χ2v) is 11.8. The zero-order valence-electron chi connectivity index (χ0n) is 24.7. The van der Waals surface area contributed by atoms with Crippen LogP contribution >= 0.6 is 0 Å². The Labute approximate surface area is 262 Å². The molecule has 0 aliphatic carbocycles. The molecular weight excluding hydrogens is 542 g/mol. The molecule has 0 aliphatic heterocycles. The van der Waals surface area contributed by atoms with Crippen molar-refractivity contribution < 1.29 is 0 Å². The molecule has 1 heteroatoms. The van der Waals surface area contributed by atoms with Gasteiger partial charge in [-0.05, 0) is 101 Å². The Morgan fingerprint density at radius 2 is 0.733 bits per heavy atom. The van der Waals surface area contributed by atoms with Crippen molar-refractivity contribution in [3.63, 3.8) is 0 Å². The molecule has 0 unspecified atom stereocenters. The van der Waals surface area contributed by atoms with Gasteiger partial charge in [-0.3, -0.25) is 0 Å². The third kappa shape index (κ3) is 4.32. The minimum atomic E-state index is 1.13. The summed E-state index contributed by atoms with van der Waals surface area (Å²) in [4.78, 5) is 2.40. The van der Waals surface area contributed by atoms with Crippen LogP contribution in [0.1, 0.15) is 0 Å². The van der Waals surface area contributed by atoms with Gasteiger partial charge in [-0.1, -0.05) is 140 Å². The minimum Gasteiger partial charge on any atom is -0.310 e. The maximum absolute atomic E-state index is 2.40. The van der Waals surface area contributed by atoms with Crippen molar-refractivity contribution in [2.24, 2.45) is 0 Å². The van der Waals surface area contributed by atoms with Crippen LogP contribution in [0.15, 0.2) is 176 Å². The van der Waals surface area contributed by atoms with Gasteiger partial charge in [0.25, 0.3) is 0 Å². The van der Waals surface area contributed by atoms with Crippen LogP contribution in [-0.2, 0) is 0 Å². The summed E-state index contributed by atoms with van der Waals surface area (Å²) in [6, 6.07) is 64.1. The molecule has 0 radical (unpaired) electrons. The molecule has 0 fully saturated rings. The van der Waals surface area contributed by atoms with Crippen molar-refractivity contribution in [1.29, 1.82) is 0 Å². The van der Waals surface area contributed by atoms with Crippen molar-refractivity contribution in [3.05, 3.63) is 176 Å². The van der Waals surface area contributed by atoms with E-state index in [0.29, 0.717) is 0 Å². The molecule has 0 amide bonds. The van der Waals surface area contributed by atoms with E-state index in [4.69, 9.17) is 0 Å². The van der Waals surface area contributed by atoms with E-state index < -0.39 is 0 Å². The highest BCUT2D eigenvalue weighted by Crippen LogP contribution is 2.41. The second-order valence-electron chi connectivity index (χ2n) is 11.8. The lowest BCUT2D eigenvalue weighted by atomic mass is 9.96. The Kier molecular flexibility index (Phi) is 5.89. The largest absolute Gasteiger partial charge is 0.310 e. The van der Waals surface area contributed by atoms with Crippen LogP contribution < -0.4 is 4.90 Å². The Balaban J connectivity index is 1.27. The Morgan fingerprint density at radius 1 is 0.244 bits per heavy atom. The normalized spacial score (nSPS) is 11.6. The molecule has 0 saturated carbocycles. The monoisotopic (exact) mass is 571 g/mol. The lowest BCUT2D eigenvalue weighted by molar-refractivity contribution is 1.29. The maximum Gasteiger partial charge on any atom is 0.0468 e. The molecule has 0 atom stereocenters. The molecule has 210 valence electrons. The van der Waals surface area contributed by atoms with Gasteiger partial charge >= 0.3 is 0 Å². The first-order valence-electron chi connectivity index (χ1n) is 15.5. The van der Waals surface area contributed by atoms with Crippen LogP contribution in [0, 0.1) is 0 Å². The lowest BCUT2D eigenvalue weighted by Gasteiger charge is -2.27. The molecule has 0 aliphatic rings. The number of anilines is 3. The third-order valence-electron chi connectivity index (χ3n) is 9.18. The van der Waals surface area contributed by atoms with Crippen molar-refractivity contribution in [3.8, 4) is 11.1 Å². The van der Waals surface area contributed by atoms with Crippen LogP contribution in [0.2, 0.25) is 0 Å². The van der Waals surface area contributed by atoms with Gasteiger partial charge in [0.15, 0.2) is 0 Å². The number of nitrogens with zero attached hydrogens (tertiary/aromatic N) is 1. The molecule has 9 aromatic carbocycles. The first-order valence-corrected chi connectivity index (χ1v) is 15.5. The molecule has 0 aromatic heterocycles. The standard InChI is InChI=1S/C44H29N/c1-2-9-30(10-3-1)34-13-8-14-36(27-34)45(38-22-19-33-18-17-31-11-5-7-16-40(31)44(33)29-38)37-23-26-41-35(28-37)21-25-42-39-15-6-4-12-32(39)20-24-43(41)42/h1-29H. The van der Waals surface area contributed by atoms with Gasteiger partial charge in [-0.2, -0.15) is 0 Å². The Hall–Kier alpha value is -5.92. The average Bonchev–Trinajstić information content (AvgIpc) is 3.12. The number of rotatable bonds is 4. The molecular formula is C44H29N. The number of hydrogen-bond donors (Lipinski definition) is 0.